The lowest BCUT2D eigenvalue weighted by Crippen LogP contribution is -2.37. The Morgan fingerprint density at radius 3 is 2.69 bits per heavy atom. The van der Waals surface area contributed by atoms with Gasteiger partial charge in [-0.15, -0.1) is 0 Å². The number of nitrogens with zero attached hydrogens (tertiary/aromatic N) is 5. The maximum Gasteiger partial charge on any atom is 0.243 e. The number of hydrogen-bond donors (Lipinski definition) is 3. The quantitative estimate of drug-likeness (QED) is 0.229. The first kappa shape index (κ1) is 24.6. The van der Waals surface area contributed by atoms with Crippen LogP contribution in [0.15, 0.2) is 30.6 Å². The number of aromatic nitrogens is 4. The molecule has 3 N–H and O–H groups in total. The SMILES string of the molecule is CC(=O)Nc1cccc(-c2nc(N3CCOCC3)c3ncn(CCCCCCC(=O)NO)c3n2)c1. The number of amides is 2. The molecule has 0 atom stereocenters. The van der Waals surface area contributed by atoms with Crippen LogP contribution >= 0.6 is 0 Å². The van der Waals surface area contributed by atoms with Crippen molar-refractivity contribution in [2.45, 2.75) is 45.6 Å². The summed E-state index contributed by atoms with van der Waals surface area (Å²) in [6, 6.07) is 7.51. The average molecular weight is 482 g/mol. The number of ether oxygens (including phenoxy) is 1. The highest BCUT2D eigenvalue weighted by atomic mass is 16.5. The Labute approximate surface area is 203 Å². The van der Waals surface area contributed by atoms with Gasteiger partial charge in [0.15, 0.2) is 22.8 Å². The Morgan fingerprint density at radius 2 is 1.91 bits per heavy atom. The molecule has 3 aromatic rings. The molecule has 11 heteroatoms. The van der Waals surface area contributed by atoms with Crippen molar-refractivity contribution in [1.29, 1.82) is 0 Å². The number of carbonyl (C=O) groups is 2. The molecule has 1 aromatic carbocycles. The normalized spacial score (nSPS) is 13.7. The molecule has 2 amide bonds. The smallest absolute Gasteiger partial charge is 0.243 e. The fourth-order valence-corrected chi connectivity index (χ4v) is 4.13. The summed E-state index contributed by atoms with van der Waals surface area (Å²) in [6.45, 7) is 4.94. The third-order valence-corrected chi connectivity index (χ3v) is 5.87. The van der Waals surface area contributed by atoms with E-state index in [4.69, 9.17) is 19.9 Å². The van der Waals surface area contributed by atoms with Crippen molar-refractivity contribution in [3.63, 3.8) is 0 Å². The molecule has 11 nitrogen and oxygen atoms in total. The average Bonchev–Trinajstić information content (AvgIpc) is 3.28. The lowest BCUT2D eigenvalue weighted by atomic mass is 10.1. The molecular weight excluding hydrogens is 450 g/mol. The molecule has 0 radical (unpaired) electrons. The highest BCUT2D eigenvalue weighted by Crippen LogP contribution is 2.28. The molecule has 4 rings (SSSR count). The number of rotatable bonds is 10. The van der Waals surface area contributed by atoms with Crippen LogP contribution in [0.1, 0.15) is 39.0 Å². The highest BCUT2D eigenvalue weighted by Gasteiger charge is 2.21. The van der Waals surface area contributed by atoms with E-state index in [1.807, 2.05) is 28.8 Å². The number of hydroxylamine groups is 1. The van der Waals surface area contributed by atoms with Crippen LogP contribution in [0, 0.1) is 0 Å². The predicted molar refractivity (Wildman–Crippen MR) is 131 cm³/mol. The van der Waals surface area contributed by atoms with Crippen LogP contribution in [-0.2, 0) is 20.9 Å². The van der Waals surface area contributed by atoms with E-state index in [1.54, 1.807) is 11.8 Å². The van der Waals surface area contributed by atoms with Gasteiger partial charge in [0.25, 0.3) is 0 Å². The predicted octanol–water partition coefficient (Wildman–Crippen LogP) is 2.74. The molecule has 1 aliphatic heterocycles. The number of hydrogen-bond acceptors (Lipinski definition) is 8. The Balaban J connectivity index is 1.59. The largest absolute Gasteiger partial charge is 0.378 e. The molecule has 0 saturated carbocycles. The van der Waals surface area contributed by atoms with E-state index in [0.717, 1.165) is 67.9 Å². The van der Waals surface area contributed by atoms with Crippen molar-refractivity contribution in [3.8, 4) is 11.4 Å². The first-order valence-corrected chi connectivity index (χ1v) is 11.9. The second-order valence-corrected chi connectivity index (χ2v) is 8.54. The van der Waals surface area contributed by atoms with Crippen LogP contribution < -0.4 is 15.7 Å². The summed E-state index contributed by atoms with van der Waals surface area (Å²) >= 11 is 0. The first-order chi connectivity index (χ1) is 17.0. The first-order valence-electron chi connectivity index (χ1n) is 11.9. The topological polar surface area (TPSA) is 134 Å². The molecule has 0 spiro atoms. The summed E-state index contributed by atoms with van der Waals surface area (Å²) in [5, 5.41) is 11.4. The summed E-state index contributed by atoms with van der Waals surface area (Å²) in [5.41, 5.74) is 4.68. The van der Waals surface area contributed by atoms with Gasteiger partial charge in [0.2, 0.25) is 11.8 Å². The number of unbranched alkanes of at least 4 members (excludes halogenated alkanes) is 3. The zero-order valence-electron chi connectivity index (χ0n) is 19.9. The second kappa shape index (κ2) is 11.7. The van der Waals surface area contributed by atoms with E-state index in [0.29, 0.717) is 31.1 Å². The fraction of sp³-hybridized carbons (Fsp3) is 0.458. The fourth-order valence-electron chi connectivity index (χ4n) is 4.13. The van der Waals surface area contributed by atoms with Crippen molar-refractivity contribution >= 4 is 34.5 Å². The minimum absolute atomic E-state index is 0.136. The Morgan fingerprint density at radius 1 is 1.11 bits per heavy atom. The van der Waals surface area contributed by atoms with E-state index < -0.39 is 0 Å². The van der Waals surface area contributed by atoms with Gasteiger partial charge in [-0.05, 0) is 25.0 Å². The third-order valence-electron chi connectivity index (χ3n) is 5.87. The number of fused-ring (bicyclic) bond motifs is 1. The van der Waals surface area contributed by atoms with Crippen molar-refractivity contribution in [3.05, 3.63) is 30.6 Å². The van der Waals surface area contributed by atoms with Gasteiger partial charge in [-0.1, -0.05) is 25.0 Å². The number of morpholine rings is 1. The van der Waals surface area contributed by atoms with Crippen LogP contribution in [-0.4, -0.2) is 62.8 Å². The van der Waals surface area contributed by atoms with Gasteiger partial charge < -0.3 is 19.5 Å². The molecule has 35 heavy (non-hydrogen) atoms. The maximum atomic E-state index is 11.5. The number of aryl methyl sites for hydroxylation is 1. The van der Waals surface area contributed by atoms with E-state index in [1.165, 1.54) is 6.92 Å². The van der Waals surface area contributed by atoms with Crippen LogP contribution in [0.25, 0.3) is 22.6 Å². The summed E-state index contributed by atoms with van der Waals surface area (Å²) < 4.78 is 7.57. The van der Waals surface area contributed by atoms with Gasteiger partial charge in [-0.2, -0.15) is 0 Å². The van der Waals surface area contributed by atoms with Gasteiger partial charge in [0.1, 0.15) is 0 Å². The zero-order chi connectivity index (χ0) is 24.6. The van der Waals surface area contributed by atoms with E-state index in [-0.39, 0.29) is 11.8 Å². The number of benzene rings is 1. The van der Waals surface area contributed by atoms with Crippen molar-refractivity contribution < 1.29 is 19.5 Å². The number of nitrogens with one attached hydrogen (secondary N) is 2. The monoisotopic (exact) mass is 481 g/mol. The summed E-state index contributed by atoms with van der Waals surface area (Å²) in [7, 11) is 0. The third kappa shape index (κ3) is 6.31. The van der Waals surface area contributed by atoms with Gasteiger partial charge >= 0.3 is 0 Å². The van der Waals surface area contributed by atoms with Crippen molar-refractivity contribution in [1.82, 2.24) is 25.0 Å². The van der Waals surface area contributed by atoms with E-state index in [2.05, 4.69) is 15.2 Å². The minimum atomic E-state index is -0.354. The lowest BCUT2D eigenvalue weighted by Gasteiger charge is -2.28. The Hall–Kier alpha value is -3.57. The molecule has 3 heterocycles. The summed E-state index contributed by atoms with van der Waals surface area (Å²) in [6.07, 6.45) is 5.62. The highest BCUT2D eigenvalue weighted by molar-refractivity contribution is 5.90. The molecular formula is C24H31N7O4. The zero-order valence-corrected chi connectivity index (χ0v) is 19.9. The molecule has 1 saturated heterocycles. The number of imidazole rings is 1. The van der Waals surface area contributed by atoms with Crippen molar-refractivity contribution in [2.75, 3.05) is 36.5 Å². The van der Waals surface area contributed by atoms with Gasteiger partial charge in [-0.3, -0.25) is 14.8 Å². The Kier molecular flexibility index (Phi) is 8.22. The molecule has 1 fully saturated rings. The molecule has 1 aliphatic rings. The molecule has 186 valence electrons. The van der Waals surface area contributed by atoms with Gasteiger partial charge in [-0.25, -0.2) is 20.4 Å². The van der Waals surface area contributed by atoms with Crippen molar-refractivity contribution in [2.24, 2.45) is 0 Å². The summed E-state index contributed by atoms with van der Waals surface area (Å²) in [5.74, 6) is 0.866. The van der Waals surface area contributed by atoms with Crippen LogP contribution in [0.3, 0.4) is 0 Å². The van der Waals surface area contributed by atoms with E-state index >= 15 is 0 Å². The van der Waals surface area contributed by atoms with Crippen LogP contribution in [0.4, 0.5) is 11.5 Å². The second-order valence-electron chi connectivity index (χ2n) is 8.54. The van der Waals surface area contributed by atoms with E-state index in [9.17, 15) is 9.59 Å². The number of anilines is 2. The number of carbonyl (C=O) groups excluding carboxylic acids is 2. The Bertz CT molecular complexity index is 1170. The minimum Gasteiger partial charge on any atom is -0.378 e. The molecule has 0 aliphatic carbocycles. The van der Waals surface area contributed by atoms with Gasteiger partial charge in [0.05, 0.1) is 19.5 Å². The van der Waals surface area contributed by atoms with Crippen LogP contribution in [0.2, 0.25) is 0 Å². The molecule has 0 bridgehead atoms. The molecule has 2 aromatic heterocycles. The standard InChI is InChI=1S/C24H31N7O4/c1-17(32)26-19-8-6-7-18(15-19)22-27-23(30-11-13-35-14-12-30)21-24(28-22)31(16-25-21)10-5-3-2-4-9-20(33)29-34/h6-8,15-16,34H,2-5,9-14H2,1H3,(H,26,32)(H,29,33). The maximum absolute atomic E-state index is 11.5. The summed E-state index contributed by atoms with van der Waals surface area (Å²) in [4.78, 5) is 39.2. The van der Waals surface area contributed by atoms with Gasteiger partial charge in [0, 0.05) is 44.2 Å². The molecule has 0 unspecified atom stereocenters. The lowest BCUT2D eigenvalue weighted by molar-refractivity contribution is -0.129. The van der Waals surface area contributed by atoms with Crippen LogP contribution in [0.5, 0.6) is 0 Å².